The highest BCUT2D eigenvalue weighted by atomic mass is 16.4. The van der Waals surface area contributed by atoms with Crippen molar-refractivity contribution in [2.24, 2.45) is 5.41 Å². The lowest BCUT2D eigenvalue weighted by molar-refractivity contribution is -0.140. The average molecular weight is 230 g/mol. The first kappa shape index (κ1) is 15.4. The van der Waals surface area contributed by atoms with Crippen LogP contribution in [0, 0.1) is 5.41 Å². The fourth-order valence-electron chi connectivity index (χ4n) is 1.58. The van der Waals surface area contributed by atoms with E-state index in [1.165, 1.54) is 0 Å². The summed E-state index contributed by atoms with van der Waals surface area (Å²) >= 11 is 0. The minimum Gasteiger partial charge on any atom is -0.480 e. The molecular formula is C12H26N2O2. The predicted octanol–water partition coefficient (Wildman–Crippen LogP) is 1.42. The fraction of sp³-hybridized carbons (Fsp3) is 0.917. The Kier molecular flexibility index (Phi) is 5.97. The van der Waals surface area contributed by atoms with Gasteiger partial charge < -0.3 is 15.3 Å². The molecule has 0 heterocycles. The lowest BCUT2D eigenvalue weighted by Crippen LogP contribution is -2.49. The van der Waals surface area contributed by atoms with Crippen LogP contribution in [-0.4, -0.2) is 48.2 Å². The molecule has 0 aliphatic heterocycles. The molecule has 2 N–H and O–H groups in total. The Morgan fingerprint density at radius 1 is 1.44 bits per heavy atom. The van der Waals surface area contributed by atoms with E-state index < -0.39 is 12.0 Å². The van der Waals surface area contributed by atoms with Crippen LogP contribution in [0.2, 0.25) is 0 Å². The third kappa shape index (κ3) is 4.94. The van der Waals surface area contributed by atoms with Crippen LogP contribution in [0.4, 0.5) is 0 Å². The maximum Gasteiger partial charge on any atom is 0.322 e. The van der Waals surface area contributed by atoms with Crippen LogP contribution in [0.3, 0.4) is 0 Å². The van der Waals surface area contributed by atoms with E-state index in [1.807, 2.05) is 14.0 Å². The van der Waals surface area contributed by atoms with Crippen LogP contribution in [0.5, 0.6) is 0 Å². The molecule has 0 amide bonds. The number of aliphatic carboxylic acids is 1. The standard InChI is InChI=1S/C12H26N2O2/c1-7-13-10(11(15)16)8-14(6)9(2)12(3,4)5/h9-10,13H,7-8H2,1-6H3,(H,15,16). The molecule has 0 saturated carbocycles. The highest BCUT2D eigenvalue weighted by Crippen LogP contribution is 2.22. The number of carbonyl (C=O) groups is 1. The van der Waals surface area contributed by atoms with Gasteiger partial charge in [0.15, 0.2) is 0 Å². The molecule has 0 aromatic heterocycles. The Labute approximate surface area is 99.0 Å². The summed E-state index contributed by atoms with van der Waals surface area (Å²) in [5.74, 6) is -0.783. The summed E-state index contributed by atoms with van der Waals surface area (Å²) in [5.41, 5.74) is 0.157. The summed E-state index contributed by atoms with van der Waals surface area (Å²) in [6.45, 7) is 11.7. The van der Waals surface area contributed by atoms with Gasteiger partial charge in [-0.05, 0) is 25.9 Å². The van der Waals surface area contributed by atoms with E-state index in [4.69, 9.17) is 5.11 Å². The second kappa shape index (κ2) is 6.21. The van der Waals surface area contributed by atoms with Gasteiger partial charge in [0, 0.05) is 12.6 Å². The van der Waals surface area contributed by atoms with Gasteiger partial charge in [-0.2, -0.15) is 0 Å². The number of likely N-dealkylation sites (N-methyl/N-ethyl adjacent to an activating group) is 2. The van der Waals surface area contributed by atoms with Gasteiger partial charge in [-0.1, -0.05) is 27.7 Å². The van der Waals surface area contributed by atoms with Crippen LogP contribution in [0.1, 0.15) is 34.6 Å². The Hall–Kier alpha value is -0.610. The van der Waals surface area contributed by atoms with Crippen LogP contribution < -0.4 is 5.32 Å². The van der Waals surface area contributed by atoms with E-state index in [2.05, 4.69) is 37.9 Å². The maximum absolute atomic E-state index is 11.0. The molecule has 0 aliphatic rings. The number of carboxylic acid groups (broad SMARTS) is 1. The largest absolute Gasteiger partial charge is 0.480 e. The number of nitrogens with one attached hydrogen (secondary N) is 1. The summed E-state index contributed by atoms with van der Waals surface area (Å²) in [4.78, 5) is 13.1. The first-order valence-electron chi connectivity index (χ1n) is 5.86. The molecule has 16 heavy (non-hydrogen) atoms. The molecule has 0 bridgehead atoms. The van der Waals surface area contributed by atoms with Crippen molar-refractivity contribution in [3.05, 3.63) is 0 Å². The monoisotopic (exact) mass is 230 g/mol. The highest BCUT2D eigenvalue weighted by Gasteiger charge is 2.27. The minimum atomic E-state index is -0.783. The summed E-state index contributed by atoms with van der Waals surface area (Å²) in [6, 6.07) is -0.146. The number of nitrogens with zero attached hydrogens (tertiary/aromatic N) is 1. The van der Waals surface area contributed by atoms with Gasteiger partial charge in [-0.3, -0.25) is 4.79 Å². The molecule has 0 saturated heterocycles. The topological polar surface area (TPSA) is 52.6 Å². The molecule has 4 heteroatoms. The predicted molar refractivity (Wildman–Crippen MR) is 66.6 cm³/mol. The zero-order valence-electron chi connectivity index (χ0n) is 11.4. The molecule has 0 aliphatic carbocycles. The van der Waals surface area contributed by atoms with Crippen molar-refractivity contribution in [2.75, 3.05) is 20.1 Å². The minimum absolute atomic E-state index is 0.157. The third-order valence-electron chi connectivity index (χ3n) is 3.13. The number of carboxylic acids is 1. The van der Waals surface area contributed by atoms with Crippen molar-refractivity contribution in [2.45, 2.75) is 46.7 Å². The van der Waals surface area contributed by atoms with E-state index >= 15 is 0 Å². The van der Waals surface area contributed by atoms with Gasteiger partial charge in [0.05, 0.1) is 0 Å². The molecule has 96 valence electrons. The average Bonchev–Trinajstić information content (AvgIpc) is 2.14. The molecule has 2 unspecified atom stereocenters. The van der Waals surface area contributed by atoms with Gasteiger partial charge in [0.2, 0.25) is 0 Å². The van der Waals surface area contributed by atoms with Crippen molar-refractivity contribution < 1.29 is 9.90 Å². The zero-order chi connectivity index (χ0) is 12.9. The molecule has 4 nitrogen and oxygen atoms in total. The second-order valence-corrected chi connectivity index (χ2v) is 5.43. The quantitative estimate of drug-likeness (QED) is 0.724. The molecule has 0 aromatic rings. The molecular weight excluding hydrogens is 204 g/mol. The maximum atomic E-state index is 11.0. The van der Waals surface area contributed by atoms with E-state index in [-0.39, 0.29) is 5.41 Å². The van der Waals surface area contributed by atoms with Crippen molar-refractivity contribution in [1.29, 1.82) is 0 Å². The third-order valence-corrected chi connectivity index (χ3v) is 3.13. The Morgan fingerprint density at radius 3 is 2.25 bits per heavy atom. The van der Waals surface area contributed by atoms with Crippen LogP contribution >= 0.6 is 0 Å². The van der Waals surface area contributed by atoms with Crippen LogP contribution in [0.15, 0.2) is 0 Å². The van der Waals surface area contributed by atoms with Crippen molar-refractivity contribution >= 4 is 5.97 Å². The summed E-state index contributed by atoms with van der Waals surface area (Å²) in [6.07, 6.45) is 0. The first-order chi connectivity index (χ1) is 7.20. The molecule has 0 radical (unpaired) electrons. The van der Waals surface area contributed by atoms with Crippen LogP contribution in [0.25, 0.3) is 0 Å². The lowest BCUT2D eigenvalue weighted by Gasteiger charge is -2.36. The van der Waals surface area contributed by atoms with Crippen molar-refractivity contribution in [1.82, 2.24) is 10.2 Å². The SMILES string of the molecule is CCNC(CN(C)C(C)C(C)(C)C)C(=O)O. The molecule has 0 spiro atoms. The molecule has 0 fully saturated rings. The van der Waals surface area contributed by atoms with Gasteiger partial charge in [0.25, 0.3) is 0 Å². The van der Waals surface area contributed by atoms with Gasteiger partial charge in [-0.25, -0.2) is 0 Å². The van der Waals surface area contributed by atoms with E-state index in [0.29, 0.717) is 19.1 Å². The van der Waals surface area contributed by atoms with Crippen LogP contribution in [-0.2, 0) is 4.79 Å². The highest BCUT2D eigenvalue weighted by molar-refractivity contribution is 5.73. The lowest BCUT2D eigenvalue weighted by atomic mass is 9.87. The summed E-state index contributed by atoms with van der Waals surface area (Å²) < 4.78 is 0. The summed E-state index contributed by atoms with van der Waals surface area (Å²) in [7, 11) is 1.98. The van der Waals surface area contributed by atoms with Crippen molar-refractivity contribution in [3.63, 3.8) is 0 Å². The summed E-state index contributed by atoms with van der Waals surface area (Å²) in [5, 5.41) is 12.0. The smallest absolute Gasteiger partial charge is 0.322 e. The van der Waals surface area contributed by atoms with E-state index in [9.17, 15) is 4.79 Å². The van der Waals surface area contributed by atoms with Crippen molar-refractivity contribution in [3.8, 4) is 0 Å². The molecule has 0 aromatic carbocycles. The normalized spacial score (nSPS) is 16.2. The number of rotatable bonds is 6. The van der Waals surface area contributed by atoms with E-state index in [0.717, 1.165) is 0 Å². The zero-order valence-corrected chi connectivity index (χ0v) is 11.4. The second-order valence-electron chi connectivity index (χ2n) is 5.43. The first-order valence-corrected chi connectivity index (χ1v) is 5.86. The Morgan fingerprint density at radius 2 is 1.94 bits per heavy atom. The van der Waals surface area contributed by atoms with Gasteiger partial charge in [0.1, 0.15) is 6.04 Å². The number of hydrogen-bond donors (Lipinski definition) is 2. The Bertz CT molecular complexity index is 224. The molecule has 2 atom stereocenters. The molecule has 0 rings (SSSR count). The Balaban J connectivity index is 4.40. The van der Waals surface area contributed by atoms with Gasteiger partial charge >= 0.3 is 5.97 Å². The van der Waals surface area contributed by atoms with Gasteiger partial charge in [-0.15, -0.1) is 0 Å². The van der Waals surface area contributed by atoms with E-state index in [1.54, 1.807) is 0 Å². The fourth-order valence-corrected chi connectivity index (χ4v) is 1.58. The number of hydrogen-bond acceptors (Lipinski definition) is 3.